The molecular weight excluding hydrogens is 372 g/mol. The highest BCUT2D eigenvalue weighted by atomic mass is 32.2. The normalized spacial score (nSPS) is 11.0. The van der Waals surface area contributed by atoms with Crippen LogP contribution in [0.25, 0.3) is 10.6 Å². The van der Waals surface area contributed by atoms with Gasteiger partial charge in [0.1, 0.15) is 10.8 Å². The van der Waals surface area contributed by atoms with E-state index < -0.39 is 0 Å². The number of ether oxygens (including phenoxy) is 1. The maximum absolute atomic E-state index is 5.28. The molecule has 0 radical (unpaired) electrons. The van der Waals surface area contributed by atoms with E-state index in [-0.39, 0.29) is 0 Å². The molecule has 0 aliphatic carbocycles. The first-order chi connectivity index (χ1) is 12.1. The lowest BCUT2D eigenvalue weighted by atomic mass is 10.2. The van der Waals surface area contributed by atoms with Gasteiger partial charge in [0.25, 0.3) is 0 Å². The van der Waals surface area contributed by atoms with Crippen molar-refractivity contribution in [3.63, 3.8) is 0 Å². The number of rotatable bonds is 8. The van der Waals surface area contributed by atoms with Gasteiger partial charge in [-0.15, -0.1) is 21.5 Å². The summed E-state index contributed by atoms with van der Waals surface area (Å²) in [5, 5.41) is 15.7. The Labute approximate surface area is 159 Å². The fourth-order valence-corrected chi connectivity index (χ4v) is 4.60. The summed E-state index contributed by atoms with van der Waals surface area (Å²) < 4.78 is 6.24. The predicted molar refractivity (Wildman–Crippen MR) is 107 cm³/mol. The van der Waals surface area contributed by atoms with Gasteiger partial charge in [0.15, 0.2) is 4.34 Å². The van der Waals surface area contributed by atoms with Crippen molar-refractivity contribution in [2.75, 3.05) is 19.0 Å². The smallest absolute Gasteiger partial charge is 0.206 e. The highest BCUT2D eigenvalue weighted by molar-refractivity contribution is 8.00. The summed E-state index contributed by atoms with van der Waals surface area (Å²) in [6.07, 6.45) is 0. The fourth-order valence-electron chi connectivity index (χ4n) is 2.03. The summed E-state index contributed by atoms with van der Waals surface area (Å²) in [6.45, 7) is 5.26. The van der Waals surface area contributed by atoms with Crippen LogP contribution in [0.15, 0.2) is 34.0 Å². The van der Waals surface area contributed by atoms with Crippen LogP contribution in [-0.4, -0.2) is 28.8 Å². The van der Waals surface area contributed by atoms with Crippen LogP contribution in [0.4, 0.5) is 5.13 Å². The van der Waals surface area contributed by atoms with Crippen molar-refractivity contribution < 1.29 is 4.74 Å². The molecule has 5 nitrogen and oxygen atoms in total. The van der Waals surface area contributed by atoms with Crippen LogP contribution in [0.3, 0.4) is 0 Å². The Morgan fingerprint density at radius 3 is 2.96 bits per heavy atom. The summed E-state index contributed by atoms with van der Waals surface area (Å²) >= 11 is 4.91. The Kier molecular flexibility index (Phi) is 6.28. The number of aromatic nitrogens is 3. The van der Waals surface area contributed by atoms with Crippen LogP contribution < -0.4 is 10.1 Å². The molecule has 0 fully saturated rings. The maximum atomic E-state index is 5.28. The van der Waals surface area contributed by atoms with Crippen LogP contribution in [0.5, 0.6) is 5.75 Å². The molecule has 0 amide bonds. The number of anilines is 1. The molecule has 2 aromatic heterocycles. The second kappa shape index (κ2) is 8.64. The van der Waals surface area contributed by atoms with Crippen molar-refractivity contribution in [3.05, 3.63) is 35.3 Å². The van der Waals surface area contributed by atoms with Crippen LogP contribution in [-0.2, 0) is 5.75 Å². The average Bonchev–Trinajstić information content (AvgIpc) is 3.27. The second-order valence-corrected chi connectivity index (χ2v) is 8.87. The van der Waals surface area contributed by atoms with Gasteiger partial charge in [-0.05, 0) is 18.1 Å². The van der Waals surface area contributed by atoms with Gasteiger partial charge in [-0.1, -0.05) is 49.1 Å². The van der Waals surface area contributed by atoms with E-state index in [1.54, 1.807) is 41.5 Å². The average molecular weight is 393 g/mol. The molecule has 0 atom stereocenters. The van der Waals surface area contributed by atoms with Gasteiger partial charge in [0.2, 0.25) is 5.13 Å². The summed E-state index contributed by atoms with van der Waals surface area (Å²) in [6, 6.07) is 7.98. The lowest BCUT2D eigenvalue weighted by Crippen LogP contribution is -2.07. The molecule has 0 aliphatic rings. The monoisotopic (exact) mass is 392 g/mol. The number of hydrogen-bond donors (Lipinski definition) is 1. The Morgan fingerprint density at radius 2 is 2.16 bits per heavy atom. The van der Waals surface area contributed by atoms with Crippen molar-refractivity contribution in [3.8, 4) is 16.3 Å². The van der Waals surface area contributed by atoms with E-state index >= 15 is 0 Å². The summed E-state index contributed by atoms with van der Waals surface area (Å²) in [5.41, 5.74) is 2.14. The fraction of sp³-hybridized carbons (Fsp3) is 0.353. The SMILES string of the molecule is COc1cccc(-c2nc(CSc3nnc(NCC(C)C)s3)cs2)c1. The number of thioether (sulfide) groups is 1. The van der Waals surface area contributed by atoms with E-state index in [2.05, 4.69) is 40.8 Å². The van der Waals surface area contributed by atoms with E-state index in [0.29, 0.717) is 5.92 Å². The van der Waals surface area contributed by atoms with Crippen molar-refractivity contribution in [2.45, 2.75) is 23.9 Å². The molecule has 25 heavy (non-hydrogen) atoms. The quantitative estimate of drug-likeness (QED) is 0.543. The Hall–Kier alpha value is -1.64. The molecule has 1 N–H and O–H groups in total. The second-order valence-electron chi connectivity index (χ2n) is 5.81. The van der Waals surface area contributed by atoms with Gasteiger partial charge in [0, 0.05) is 23.2 Å². The van der Waals surface area contributed by atoms with Crippen LogP contribution in [0.2, 0.25) is 0 Å². The molecule has 3 rings (SSSR count). The Balaban J connectivity index is 1.58. The van der Waals surface area contributed by atoms with Gasteiger partial charge in [0.05, 0.1) is 12.8 Å². The van der Waals surface area contributed by atoms with Gasteiger partial charge in [-0.2, -0.15) is 0 Å². The molecule has 3 aromatic rings. The Morgan fingerprint density at radius 1 is 1.28 bits per heavy atom. The third kappa shape index (κ3) is 5.17. The summed E-state index contributed by atoms with van der Waals surface area (Å²) in [4.78, 5) is 4.72. The standard InChI is InChI=1S/C17H20N4OS3/c1-11(2)8-18-16-20-21-17(25-16)24-10-13-9-23-15(19-13)12-5-4-6-14(7-12)22-3/h4-7,9,11H,8,10H2,1-3H3,(H,18,20). The van der Waals surface area contributed by atoms with Gasteiger partial charge in [-0.25, -0.2) is 4.98 Å². The minimum absolute atomic E-state index is 0.588. The highest BCUT2D eigenvalue weighted by Crippen LogP contribution is 2.31. The summed E-state index contributed by atoms with van der Waals surface area (Å²) in [5.74, 6) is 2.23. The molecule has 8 heteroatoms. The number of nitrogens with zero attached hydrogens (tertiary/aromatic N) is 3. The third-order valence-electron chi connectivity index (χ3n) is 3.28. The molecule has 1 aromatic carbocycles. The number of hydrogen-bond acceptors (Lipinski definition) is 8. The van der Waals surface area contributed by atoms with Gasteiger partial charge in [-0.3, -0.25) is 0 Å². The minimum Gasteiger partial charge on any atom is -0.497 e. The minimum atomic E-state index is 0.588. The molecule has 0 unspecified atom stereocenters. The largest absolute Gasteiger partial charge is 0.497 e. The highest BCUT2D eigenvalue weighted by Gasteiger charge is 2.09. The van der Waals surface area contributed by atoms with E-state index in [4.69, 9.17) is 9.72 Å². The zero-order valence-corrected chi connectivity index (χ0v) is 16.8. The molecule has 0 saturated carbocycles. The van der Waals surface area contributed by atoms with Crippen molar-refractivity contribution in [1.82, 2.24) is 15.2 Å². The number of nitrogens with one attached hydrogen (secondary N) is 1. The van der Waals surface area contributed by atoms with Crippen LogP contribution in [0, 0.1) is 5.92 Å². The van der Waals surface area contributed by atoms with Crippen LogP contribution >= 0.6 is 34.4 Å². The molecule has 132 valence electrons. The van der Waals surface area contributed by atoms with E-state index in [1.165, 1.54) is 0 Å². The van der Waals surface area contributed by atoms with E-state index in [1.807, 2.05) is 18.2 Å². The van der Waals surface area contributed by atoms with E-state index in [0.717, 1.165) is 43.8 Å². The summed E-state index contributed by atoms with van der Waals surface area (Å²) in [7, 11) is 1.68. The van der Waals surface area contributed by atoms with E-state index in [9.17, 15) is 0 Å². The molecule has 0 bridgehead atoms. The first-order valence-corrected chi connectivity index (χ1v) is 10.6. The van der Waals surface area contributed by atoms with Crippen LogP contribution in [0.1, 0.15) is 19.5 Å². The zero-order valence-electron chi connectivity index (χ0n) is 14.4. The zero-order chi connectivity index (χ0) is 17.6. The van der Waals surface area contributed by atoms with Gasteiger partial charge >= 0.3 is 0 Å². The predicted octanol–water partition coefficient (Wildman–Crippen LogP) is 5.03. The van der Waals surface area contributed by atoms with Crippen molar-refractivity contribution >= 4 is 39.6 Å². The van der Waals surface area contributed by atoms with Crippen molar-refractivity contribution in [1.29, 1.82) is 0 Å². The molecular formula is C17H20N4OS3. The number of methoxy groups -OCH3 is 1. The molecule has 0 saturated heterocycles. The van der Waals surface area contributed by atoms with Gasteiger partial charge < -0.3 is 10.1 Å². The topological polar surface area (TPSA) is 59.9 Å². The maximum Gasteiger partial charge on any atom is 0.206 e. The number of benzene rings is 1. The van der Waals surface area contributed by atoms with Crippen molar-refractivity contribution in [2.24, 2.45) is 5.92 Å². The lowest BCUT2D eigenvalue weighted by molar-refractivity contribution is 0.415. The number of thiazole rings is 1. The first-order valence-electron chi connectivity index (χ1n) is 7.93. The lowest BCUT2D eigenvalue weighted by Gasteiger charge is -2.03. The first kappa shape index (κ1) is 18.2. The molecule has 0 aliphatic heterocycles. The molecule has 2 heterocycles. The third-order valence-corrected chi connectivity index (χ3v) is 6.27. The Bertz CT molecular complexity index is 816. The molecule has 0 spiro atoms.